The summed E-state index contributed by atoms with van der Waals surface area (Å²) in [7, 11) is 2.17. The summed E-state index contributed by atoms with van der Waals surface area (Å²) in [4.78, 5) is 2.36. The normalized spacial score (nSPS) is 12.8. The molecule has 0 saturated carbocycles. The van der Waals surface area contributed by atoms with Gasteiger partial charge in [-0.05, 0) is 60.6 Å². The number of nitrogens with one attached hydrogen (secondary N) is 1. The minimum atomic E-state index is 0.314. The van der Waals surface area contributed by atoms with Crippen molar-refractivity contribution < 1.29 is 0 Å². The van der Waals surface area contributed by atoms with Crippen LogP contribution in [0.15, 0.2) is 41.1 Å². The molecule has 114 valence electrons. The highest BCUT2D eigenvalue weighted by Gasteiger charge is 2.14. The molecule has 2 rings (SSSR count). The molecule has 1 N–H and O–H groups in total. The number of nitrogens with zero attached hydrogens (tertiary/aromatic N) is 1. The van der Waals surface area contributed by atoms with Crippen molar-refractivity contribution in [2.24, 2.45) is 0 Å². The Morgan fingerprint density at radius 2 is 2.10 bits per heavy atom. The van der Waals surface area contributed by atoms with Crippen molar-refractivity contribution in [3.05, 3.63) is 57.2 Å². The third-order valence-corrected chi connectivity index (χ3v) is 4.64. The largest absolute Gasteiger partial charge is 0.310 e. The second-order valence-electron chi connectivity index (χ2n) is 5.29. The maximum absolute atomic E-state index is 6.33. The zero-order valence-electron chi connectivity index (χ0n) is 12.7. The van der Waals surface area contributed by atoms with Gasteiger partial charge in [0.05, 0.1) is 0 Å². The van der Waals surface area contributed by atoms with Crippen LogP contribution in [0.3, 0.4) is 0 Å². The Morgan fingerprint density at radius 1 is 1.29 bits per heavy atom. The summed E-state index contributed by atoms with van der Waals surface area (Å²) in [6, 6.07) is 10.6. The molecule has 0 fully saturated rings. The predicted molar refractivity (Wildman–Crippen MR) is 93.1 cm³/mol. The summed E-state index contributed by atoms with van der Waals surface area (Å²) in [5, 5.41) is 8.74. The van der Waals surface area contributed by atoms with E-state index in [0.29, 0.717) is 6.04 Å². The Kier molecular flexibility index (Phi) is 6.71. The number of halogens is 1. The van der Waals surface area contributed by atoms with Gasteiger partial charge < -0.3 is 10.2 Å². The Hall–Kier alpha value is -0.870. The summed E-state index contributed by atoms with van der Waals surface area (Å²) in [6.07, 6.45) is 1.05. The van der Waals surface area contributed by atoms with Gasteiger partial charge in [0.1, 0.15) is 0 Å². The first-order chi connectivity index (χ1) is 10.2. The van der Waals surface area contributed by atoms with Gasteiger partial charge in [0.2, 0.25) is 0 Å². The van der Waals surface area contributed by atoms with Crippen LogP contribution in [0.25, 0.3) is 0 Å². The molecule has 0 amide bonds. The number of hydrogen-bond donors (Lipinski definition) is 1. The quantitative estimate of drug-likeness (QED) is 0.765. The minimum Gasteiger partial charge on any atom is -0.310 e. The fraction of sp³-hybridized carbons (Fsp3) is 0.412. The Bertz CT molecular complexity index is 527. The topological polar surface area (TPSA) is 15.3 Å². The molecule has 0 bridgehead atoms. The van der Waals surface area contributed by atoms with E-state index in [1.165, 1.54) is 11.1 Å². The highest BCUT2D eigenvalue weighted by Crippen LogP contribution is 2.25. The van der Waals surface area contributed by atoms with Gasteiger partial charge in [-0.1, -0.05) is 36.7 Å². The van der Waals surface area contributed by atoms with Crippen LogP contribution < -0.4 is 5.32 Å². The lowest BCUT2D eigenvalue weighted by Gasteiger charge is -2.23. The number of benzene rings is 1. The van der Waals surface area contributed by atoms with Crippen molar-refractivity contribution in [2.45, 2.75) is 25.9 Å². The van der Waals surface area contributed by atoms with E-state index < -0.39 is 0 Å². The predicted octanol–water partition coefficient (Wildman–Crippen LogP) is 4.57. The molecule has 2 nitrogen and oxygen atoms in total. The molecule has 0 radical (unpaired) electrons. The van der Waals surface area contributed by atoms with Crippen LogP contribution in [0, 0.1) is 0 Å². The van der Waals surface area contributed by atoms with Crippen LogP contribution in [0.2, 0.25) is 5.02 Å². The minimum absolute atomic E-state index is 0.314. The molecule has 0 aliphatic carbocycles. The molecule has 2 aromatic rings. The standard InChI is InChI=1S/C17H23ClN2S/c1-3-19-17(15-6-4-5-7-16(15)18)8-10-20(2)12-14-9-11-21-13-14/h4-7,9,11,13,17,19H,3,8,10,12H2,1-2H3. The highest BCUT2D eigenvalue weighted by molar-refractivity contribution is 7.07. The molecule has 4 heteroatoms. The van der Waals surface area contributed by atoms with E-state index in [0.717, 1.165) is 31.1 Å². The van der Waals surface area contributed by atoms with Crippen molar-refractivity contribution >= 4 is 22.9 Å². The molecule has 1 aromatic carbocycles. The van der Waals surface area contributed by atoms with E-state index in [9.17, 15) is 0 Å². The van der Waals surface area contributed by atoms with E-state index in [4.69, 9.17) is 11.6 Å². The highest BCUT2D eigenvalue weighted by atomic mass is 35.5. The maximum atomic E-state index is 6.33. The summed E-state index contributed by atoms with van der Waals surface area (Å²) in [5.41, 5.74) is 2.59. The van der Waals surface area contributed by atoms with Gasteiger partial charge in [-0.25, -0.2) is 0 Å². The average Bonchev–Trinajstić information content (AvgIpc) is 2.97. The monoisotopic (exact) mass is 322 g/mol. The van der Waals surface area contributed by atoms with Crippen molar-refractivity contribution in [1.29, 1.82) is 0 Å². The number of hydrogen-bond acceptors (Lipinski definition) is 3. The molecule has 0 aliphatic rings. The van der Waals surface area contributed by atoms with Gasteiger partial charge in [0.15, 0.2) is 0 Å². The molecule has 1 heterocycles. The summed E-state index contributed by atoms with van der Waals surface area (Å²) in [5.74, 6) is 0. The number of rotatable bonds is 8. The van der Waals surface area contributed by atoms with Crippen molar-refractivity contribution in [3.63, 3.8) is 0 Å². The van der Waals surface area contributed by atoms with Crippen LogP contribution >= 0.6 is 22.9 Å². The lowest BCUT2D eigenvalue weighted by Crippen LogP contribution is -2.27. The van der Waals surface area contributed by atoms with Gasteiger partial charge in [-0.3, -0.25) is 0 Å². The Labute approximate surface area is 136 Å². The van der Waals surface area contributed by atoms with E-state index in [2.05, 4.69) is 53.1 Å². The van der Waals surface area contributed by atoms with Crippen LogP contribution in [-0.4, -0.2) is 25.0 Å². The molecule has 0 spiro atoms. The number of thiophene rings is 1. The summed E-state index contributed by atoms with van der Waals surface area (Å²) in [6.45, 7) is 5.13. The molecule has 0 aliphatic heterocycles. The fourth-order valence-electron chi connectivity index (χ4n) is 2.49. The second-order valence-corrected chi connectivity index (χ2v) is 6.48. The molecule has 1 unspecified atom stereocenters. The van der Waals surface area contributed by atoms with E-state index in [1.54, 1.807) is 11.3 Å². The second kappa shape index (κ2) is 8.54. The third kappa shape index (κ3) is 5.11. The van der Waals surface area contributed by atoms with Gasteiger partial charge in [-0.2, -0.15) is 11.3 Å². The first-order valence-electron chi connectivity index (χ1n) is 7.38. The lowest BCUT2D eigenvalue weighted by atomic mass is 10.0. The van der Waals surface area contributed by atoms with E-state index in [1.807, 2.05) is 12.1 Å². The molecule has 1 atom stereocenters. The molecular weight excluding hydrogens is 300 g/mol. The van der Waals surface area contributed by atoms with Gasteiger partial charge in [0.25, 0.3) is 0 Å². The third-order valence-electron chi connectivity index (χ3n) is 3.56. The van der Waals surface area contributed by atoms with Gasteiger partial charge in [0, 0.05) is 17.6 Å². The van der Waals surface area contributed by atoms with Crippen molar-refractivity contribution in [2.75, 3.05) is 20.1 Å². The maximum Gasteiger partial charge on any atom is 0.0453 e. The van der Waals surface area contributed by atoms with Crippen molar-refractivity contribution in [3.8, 4) is 0 Å². The lowest BCUT2D eigenvalue weighted by molar-refractivity contribution is 0.302. The Balaban J connectivity index is 1.92. The first kappa shape index (κ1) is 16.5. The first-order valence-corrected chi connectivity index (χ1v) is 8.70. The SMILES string of the molecule is CCNC(CCN(C)Cc1ccsc1)c1ccccc1Cl. The van der Waals surface area contributed by atoms with E-state index in [-0.39, 0.29) is 0 Å². The zero-order valence-corrected chi connectivity index (χ0v) is 14.3. The van der Waals surface area contributed by atoms with Gasteiger partial charge >= 0.3 is 0 Å². The zero-order chi connectivity index (χ0) is 15.1. The van der Waals surface area contributed by atoms with Crippen LogP contribution in [0.4, 0.5) is 0 Å². The Morgan fingerprint density at radius 3 is 2.76 bits per heavy atom. The summed E-state index contributed by atoms with van der Waals surface area (Å²) >= 11 is 8.09. The molecule has 21 heavy (non-hydrogen) atoms. The van der Waals surface area contributed by atoms with Crippen LogP contribution in [0.1, 0.15) is 30.5 Å². The van der Waals surface area contributed by atoms with E-state index >= 15 is 0 Å². The van der Waals surface area contributed by atoms with Gasteiger partial charge in [-0.15, -0.1) is 0 Å². The van der Waals surface area contributed by atoms with Crippen LogP contribution in [0.5, 0.6) is 0 Å². The average molecular weight is 323 g/mol. The molecular formula is C17H23ClN2S. The molecule has 1 aromatic heterocycles. The fourth-order valence-corrected chi connectivity index (χ4v) is 3.42. The van der Waals surface area contributed by atoms with Crippen molar-refractivity contribution in [1.82, 2.24) is 10.2 Å². The molecule has 0 saturated heterocycles. The van der Waals surface area contributed by atoms with Crippen LogP contribution in [-0.2, 0) is 6.54 Å². The smallest absolute Gasteiger partial charge is 0.0453 e. The summed E-state index contributed by atoms with van der Waals surface area (Å²) < 4.78 is 0.